The molecule has 190 valence electrons. The molecule has 2 aliphatic rings. The molecule has 3 aromatic carbocycles. The number of rotatable bonds is 5. The summed E-state index contributed by atoms with van der Waals surface area (Å²) >= 11 is 1.54. The summed E-state index contributed by atoms with van der Waals surface area (Å²) in [6.45, 7) is 1.60. The van der Waals surface area contributed by atoms with E-state index in [1.165, 1.54) is 45.0 Å². The summed E-state index contributed by atoms with van der Waals surface area (Å²) in [6, 6.07) is 21.5. The Hall–Kier alpha value is -3.11. The molecule has 0 spiro atoms. The largest absolute Gasteiger partial charge is 0.379 e. The van der Waals surface area contributed by atoms with Crippen molar-refractivity contribution in [3.05, 3.63) is 76.9 Å². The first-order valence-electron chi connectivity index (χ1n) is 12.6. The summed E-state index contributed by atoms with van der Waals surface area (Å²) in [5.41, 5.74) is 4.00. The molecule has 0 bridgehead atoms. The van der Waals surface area contributed by atoms with Crippen molar-refractivity contribution in [1.29, 1.82) is 0 Å². The van der Waals surface area contributed by atoms with Gasteiger partial charge in [-0.1, -0.05) is 42.5 Å². The highest BCUT2D eigenvalue weighted by Crippen LogP contribution is 2.30. The van der Waals surface area contributed by atoms with E-state index >= 15 is 0 Å². The van der Waals surface area contributed by atoms with E-state index in [2.05, 4.69) is 47.8 Å². The Morgan fingerprint density at radius 2 is 1.59 bits per heavy atom. The molecule has 1 aromatic heterocycles. The van der Waals surface area contributed by atoms with E-state index < -0.39 is 10.0 Å². The second-order valence-electron chi connectivity index (χ2n) is 9.24. The van der Waals surface area contributed by atoms with Crippen LogP contribution < -0.4 is 4.80 Å². The van der Waals surface area contributed by atoms with Gasteiger partial charge in [0.25, 0.3) is 0 Å². The number of aromatic nitrogens is 1. The maximum Gasteiger partial charge on any atom is 0.243 e. The zero-order valence-electron chi connectivity index (χ0n) is 20.4. The Morgan fingerprint density at radius 1 is 0.865 bits per heavy atom. The summed E-state index contributed by atoms with van der Waals surface area (Å²) in [5, 5.41) is 9.51. The van der Waals surface area contributed by atoms with Crippen molar-refractivity contribution in [3.8, 4) is 11.3 Å². The van der Waals surface area contributed by atoms with E-state index in [-0.39, 0.29) is 4.90 Å². The predicted molar refractivity (Wildman–Crippen MR) is 148 cm³/mol. The zero-order valence-corrected chi connectivity index (χ0v) is 22.0. The van der Waals surface area contributed by atoms with Gasteiger partial charge in [-0.15, -0.1) is 11.3 Å². The van der Waals surface area contributed by atoms with Crippen molar-refractivity contribution in [3.63, 3.8) is 0 Å². The van der Waals surface area contributed by atoms with E-state index in [1.54, 1.807) is 24.3 Å². The molecule has 6 rings (SSSR count). The van der Waals surface area contributed by atoms with Crippen LogP contribution >= 0.6 is 11.3 Å². The number of hydrogen-bond acceptors (Lipinski definition) is 6. The van der Waals surface area contributed by atoms with Gasteiger partial charge in [-0.25, -0.2) is 18.1 Å². The van der Waals surface area contributed by atoms with E-state index in [4.69, 9.17) is 14.8 Å². The Labute approximate surface area is 220 Å². The molecular weight excluding hydrogens is 504 g/mol. The van der Waals surface area contributed by atoms with Crippen molar-refractivity contribution in [2.75, 3.05) is 26.3 Å². The molecular formula is C28H28N4O3S2. The van der Waals surface area contributed by atoms with Gasteiger partial charge in [0, 0.05) is 29.7 Å². The van der Waals surface area contributed by atoms with Crippen LogP contribution in [0.25, 0.3) is 22.0 Å². The topological polar surface area (TPSA) is 76.3 Å². The first-order valence-corrected chi connectivity index (χ1v) is 14.9. The minimum absolute atomic E-state index is 0.273. The quantitative estimate of drug-likeness (QED) is 0.345. The van der Waals surface area contributed by atoms with Gasteiger partial charge in [-0.05, 0) is 60.7 Å². The normalized spacial score (nSPS) is 17.5. The highest BCUT2D eigenvalue weighted by Gasteiger charge is 2.26. The SMILES string of the molecule is O=S(=O)(c1ccc(N=c2scc(-c3cccc4ccccc34)n2N=C2CCCC2)cc1)N1CCOCC1. The van der Waals surface area contributed by atoms with Crippen LogP contribution in [0.2, 0.25) is 0 Å². The number of fused-ring (bicyclic) bond motifs is 1. The molecule has 1 aliphatic carbocycles. The number of morpholine rings is 1. The van der Waals surface area contributed by atoms with Crippen LogP contribution in [0.1, 0.15) is 25.7 Å². The average molecular weight is 533 g/mol. The van der Waals surface area contributed by atoms with Crippen LogP contribution in [0.15, 0.2) is 87.1 Å². The molecule has 4 aromatic rings. The molecule has 37 heavy (non-hydrogen) atoms. The summed E-state index contributed by atoms with van der Waals surface area (Å²) < 4.78 is 34.7. The van der Waals surface area contributed by atoms with Crippen molar-refractivity contribution in [2.24, 2.45) is 10.1 Å². The summed E-state index contributed by atoms with van der Waals surface area (Å²) in [4.78, 5) is 5.92. The van der Waals surface area contributed by atoms with Gasteiger partial charge < -0.3 is 4.74 Å². The molecule has 0 radical (unpaired) electrons. The lowest BCUT2D eigenvalue weighted by Crippen LogP contribution is -2.40. The third kappa shape index (κ3) is 4.92. The Balaban J connectivity index is 1.41. The van der Waals surface area contributed by atoms with Crippen LogP contribution in [0.3, 0.4) is 0 Å². The molecule has 2 fully saturated rings. The molecule has 0 atom stereocenters. The predicted octanol–water partition coefficient (Wildman–Crippen LogP) is 5.40. The number of thiazole rings is 1. The van der Waals surface area contributed by atoms with Crippen molar-refractivity contribution in [1.82, 2.24) is 8.98 Å². The molecule has 1 aliphatic heterocycles. The summed E-state index contributed by atoms with van der Waals surface area (Å²) in [7, 11) is -3.54. The zero-order chi connectivity index (χ0) is 25.2. The number of hydrogen-bond donors (Lipinski definition) is 0. The molecule has 1 saturated heterocycles. The standard InChI is InChI=1S/C28H28N4O3S2/c33-37(34,31-16-18-35-19-17-31)24-14-12-22(13-15-24)29-28-32(30-23-8-2-3-9-23)27(20-36-28)26-11-5-7-21-6-1-4-10-25(21)26/h1,4-7,10-15,20H,2-3,8-9,16-19H2. The maximum absolute atomic E-state index is 13.0. The monoisotopic (exact) mass is 532 g/mol. The second-order valence-corrected chi connectivity index (χ2v) is 12.0. The van der Waals surface area contributed by atoms with Gasteiger partial charge in [-0.2, -0.15) is 9.41 Å². The highest BCUT2D eigenvalue weighted by molar-refractivity contribution is 7.89. The Kier molecular flexibility index (Phi) is 6.77. The lowest BCUT2D eigenvalue weighted by molar-refractivity contribution is 0.0730. The number of sulfonamides is 1. The van der Waals surface area contributed by atoms with E-state index in [9.17, 15) is 8.42 Å². The number of nitrogens with zero attached hydrogens (tertiary/aromatic N) is 4. The van der Waals surface area contributed by atoms with E-state index in [1.807, 2.05) is 4.68 Å². The van der Waals surface area contributed by atoms with Gasteiger partial charge >= 0.3 is 0 Å². The molecule has 7 nitrogen and oxygen atoms in total. The Bertz CT molecular complexity index is 1620. The van der Waals surface area contributed by atoms with Gasteiger partial charge in [0.15, 0.2) is 0 Å². The average Bonchev–Trinajstić information content (AvgIpc) is 3.60. The maximum atomic E-state index is 13.0. The highest BCUT2D eigenvalue weighted by atomic mass is 32.2. The molecule has 0 unspecified atom stereocenters. The minimum atomic E-state index is -3.54. The van der Waals surface area contributed by atoms with E-state index in [0.29, 0.717) is 32.0 Å². The van der Waals surface area contributed by atoms with Crippen LogP contribution in [0.4, 0.5) is 5.69 Å². The van der Waals surface area contributed by atoms with Crippen molar-refractivity contribution < 1.29 is 13.2 Å². The van der Waals surface area contributed by atoms with Gasteiger partial charge in [0.1, 0.15) is 0 Å². The third-order valence-electron chi connectivity index (χ3n) is 6.84. The van der Waals surface area contributed by atoms with E-state index in [0.717, 1.165) is 28.9 Å². The number of benzene rings is 3. The molecule has 2 heterocycles. The van der Waals surface area contributed by atoms with Gasteiger partial charge in [0.2, 0.25) is 14.8 Å². The van der Waals surface area contributed by atoms with Crippen molar-refractivity contribution in [2.45, 2.75) is 30.6 Å². The van der Waals surface area contributed by atoms with Gasteiger partial charge in [-0.3, -0.25) is 0 Å². The van der Waals surface area contributed by atoms with Crippen LogP contribution in [-0.4, -0.2) is 49.4 Å². The fraction of sp³-hybridized carbons (Fsp3) is 0.286. The lowest BCUT2D eigenvalue weighted by atomic mass is 10.0. The third-order valence-corrected chi connectivity index (χ3v) is 9.57. The Morgan fingerprint density at radius 3 is 2.38 bits per heavy atom. The van der Waals surface area contributed by atoms with Crippen molar-refractivity contribution >= 4 is 43.5 Å². The molecule has 0 amide bonds. The molecule has 0 N–H and O–H groups in total. The summed E-state index contributed by atoms with van der Waals surface area (Å²) in [6.07, 6.45) is 4.34. The smallest absolute Gasteiger partial charge is 0.243 e. The lowest BCUT2D eigenvalue weighted by Gasteiger charge is -2.26. The molecule has 1 saturated carbocycles. The molecule has 9 heteroatoms. The minimum Gasteiger partial charge on any atom is -0.379 e. The van der Waals surface area contributed by atoms with Crippen LogP contribution in [0.5, 0.6) is 0 Å². The summed E-state index contributed by atoms with van der Waals surface area (Å²) in [5.74, 6) is 0. The van der Waals surface area contributed by atoms with Gasteiger partial charge in [0.05, 0.1) is 29.5 Å². The van der Waals surface area contributed by atoms with Crippen LogP contribution in [0, 0.1) is 0 Å². The first-order chi connectivity index (χ1) is 18.1. The first kappa shape index (κ1) is 24.2. The second kappa shape index (κ2) is 10.3. The fourth-order valence-electron chi connectivity index (χ4n) is 4.87. The van der Waals surface area contributed by atoms with Crippen LogP contribution in [-0.2, 0) is 14.8 Å². The number of ether oxygens (including phenoxy) is 1. The fourth-order valence-corrected chi connectivity index (χ4v) is 7.12.